The van der Waals surface area contributed by atoms with Crippen molar-refractivity contribution in [3.05, 3.63) is 29.0 Å². The molecule has 21 heavy (non-hydrogen) atoms. The number of morpholine rings is 1. The summed E-state index contributed by atoms with van der Waals surface area (Å²) >= 11 is 12.3. The molecule has 2 aromatic rings. The lowest BCUT2D eigenvalue weighted by atomic mass is 10.2. The van der Waals surface area contributed by atoms with E-state index in [1.54, 1.807) is 0 Å². The summed E-state index contributed by atoms with van der Waals surface area (Å²) in [6.07, 6.45) is 0. The Morgan fingerprint density at radius 1 is 1.33 bits per heavy atom. The Morgan fingerprint density at radius 3 is 2.81 bits per heavy atom. The standard InChI is InChI=1S/C15H19Cl2N3O/c1-11(10-19-5-7-21-8-6-19)20-13-4-2-3-12(17)15(13)18-14(20)9-16/h2-4,11H,5-10H2,1H3. The number of hydrogen-bond donors (Lipinski definition) is 0. The van der Waals surface area contributed by atoms with E-state index in [1.807, 2.05) is 12.1 Å². The molecule has 0 amide bonds. The number of benzene rings is 1. The average molecular weight is 328 g/mol. The number of ether oxygens (including phenoxy) is 1. The zero-order valence-corrected chi connectivity index (χ0v) is 13.6. The fourth-order valence-electron chi connectivity index (χ4n) is 2.96. The molecule has 114 valence electrons. The van der Waals surface area contributed by atoms with E-state index in [2.05, 4.69) is 27.4 Å². The van der Waals surface area contributed by atoms with E-state index in [4.69, 9.17) is 27.9 Å². The van der Waals surface area contributed by atoms with E-state index in [9.17, 15) is 0 Å². The Labute approximate surface area is 134 Å². The highest BCUT2D eigenvalue weighted by Crippen LogP contribution is 2.28. The second-order valence-corrected chi connectivity index (χ2v) is 6.08. The van der Waals surface area contributed by atoms with Crippen LogP contribution >= 0.6 is 23.2 Å². The number of nitrogens with zero attached hydrogens (tertiary/aromatic N) is 3. The van der Waals surface area contributed by atoms with E-state index < -0.39 is 0 Å². The summed E-state index contributed by atoms with van der Waals surface area (Å²) in [5.41, 5.74) is 1.89. The highest BCUT2D eigenvalue weighted by molar-refractivity contribution is 6.35. The van der Waals surface area contributed by atoms with Gasteiger partial charge in [0.05, 0.1) is 29.6 Å². The quantitative estimate of drug-likeness (QED) is 0.807. The number of halogens is 2. The van der Waals surface area contributed by atoms with Gasteiger partial charge in [0.15, 0.2) is 0 Å². The van der Waals surface area contributed by atoms with Gasteiger partial charge in [-0.05, 0) is 19.1 Å². The van der Waals surface area contributed by atoms with Gasteiger partial charge in [0.25, 0.3) is 0 Å². The number of fused-ring (bicyclic) bond motifs is 1. The van der Waals surface area contributed by atoms with Crippen LogP contribution in [-0.2, 0) is 10.6 Å². The van der Waals surface area contributed by atoms with Crippen molar-refractivity contribution in [2.75, 3.05) is 32.8 Å². The molecule has 1 aliphatic heterocycles. The van der Waals surface area contributed by atoms with E-state index in [0.717, 1.165) is 49.7 Å². The summed E-state index contributed by atoms with van der Waals surface area (Å²) in [4.78, 5) is 7.02. The largest absolute Gasteiger partial charge is 0.379 e. The van der Waals surface area contributed by atoms with Crippen molar-refractivity contribution in [1.29, 1.82) is 0 Å². The molecule has 4 nitrogen and oxygen atoms in total. The minimum absolute atomic E-state index is 0.292. The van der Waals surface area contributed by atoms with Gasteiger partial charge in [0, 0.05) is 25.7 Å². The normalized spacial score (nSPS) is 18.2. The first-order chi connectivity index (χ1) is 10.2. The zero-order chi connectivity index (χ0) is 14.8. The Bertz CT molecular complexity index is 623. The van der Waals surface area contributed by atoms with Crippen LogP contribution in [0.2, 0.25) is 5.02 Å². The van der Waals surface area contributed by atoms with Crippen molar-refractivity contribution in [1.82, 2.24) is 14.5 Å². The molecule has 1 unspecified atom stereocenters. The summed E-state index contributed by atoms with van der Waals surface area (Å²) in [6.45, 7) is 6.75. The van der Waals surface area contributed by atoms with Crippen LogP contribution in [0.15, 0.2) is 18.2 Å². The molecule has 0 N–H and O–H groups in total. The smallest absolute Gasteiger partial charge is 0.125 e. The molecular weight excluding hydrogens is 309 g/mol. The van der Waals surface area contributed by atoms with Crippen LogP contribution in [0, 0.1) is 0 Å². The third-order valence-electron chi connectivity index (χ3n) is 3.93. The number of imidazole rings is 1. The van der Waals surface area contributed by atoms with Crippen molar-refractivity contribution >= 4 is 34.2 Å². The predicted octanol–water partition coefficient (Wildman–Crippen LogP) is 3.32. The molecule has 0 radical (unpaired) electrons. The summed E-state index contributed by atoms with van der Waals surface area (Å²) in [6, 6.07) is 6.18. The molecule has 6 heteroatoms. The lowest BCUT2D eigenvalue weighted by Crippen LogP contribution is -2.39. The maximum absolute atomic E-state index is 6.25. The number of aromatic nitrogens is 2. The first kappa shape index (κ1) is 15.1. The van der Waals surface area contributed by atoms with Gasteiger partial charge in [-0.1, -0.05) is 17.7 Å². The molecule has 1 aliphatic rings. The molecule has 3 rings (SSSR count). The number of para-hydroxylation sites is 1. The minimum atomic E-state index is 0.292. The van der Waals surface area contributed by atoms with Crippen LogP contribution in [0.1, 0.15) is 18.8 Å². The van der Waals surface area contributed by atoms with E-state index >= 15 is 0 Å². The summed E-state index contributed by atoms with van der Waals surface area (Å²) in [5, 5.41) is 0.677. The molecule has 1 atom stereocenters. The van der Waals surface area contributed by atoms with Gasteiger partial charge < -0.3 is 9.30 Å². The maximum atomic E-state index is 6.25. The number of hydrogen-bond acceptors (Lipinski definition) is 3. The van der Waals surface area contributed by atoms with Crippen LogP contribution in [0.25, 0.3) is 11.0 Å². The van der Waals surface area contributed by atoms with E-state index in [1.165, 1.54) is 0 Å². The lowest BCUT2D eigenvalue weighted by molar-refractivity contribution is 0.0326. The molecule has 0 aliphatic carbocycles. The molecule has 1 fully saturated rings. The Hall–Kier alpha value is -0.810. The summed E-state index contributed by atoms with van der Waals surface area (Å²) in [5.74, 6) is 1.26. The number of alkyl halides is 1. The molecule has 1 aromatic carbocycles. The molecule has 0 bridgehead atoms. The third kappa shape index (κ3) is 3.04. The Morgan fingerprint density at radius 2 is 2.10 bits per heavy atom. The molecule has 1 saturated heterocycles. The van der Waals surface area contributed by atoms with E-state index in [-0.39, 0.29) is 0 Å². The zero-order valence-electron chi connectivity index (χ0n) is 12.1. The fourth-order valence-corrected chi connectivity index (χ4v) is 3.36. The Balaban J connectivity index is 1.92. The highest BCUT2D eigenvalue weighted by Gasteiger charge is 2.20. The molecule has 0 saturated carbocycles. The first-order valence-electron chi connectivity index (χ1n) is 7.22. The van der Waals surface area contributed by atoms with Crippen molar-refractivity contribution in [2.24, 2.45) is 0 Å². The van der Waals surface area contributed by atoms with Crippen LogP contribution in [0.5, 0.6) is 0 Å². The van der Waals surface area contributed by atoms with Crippen LogP contribution in [0.4, 0.5) is 0 Å². The monoisotopic (exact) mass is 327 g/mol. The summed E-state index contributed by atoms with van der Waals surface area (Å²) < 4.78 is 7.62. The lowest BCUT2D eigenvalue weighted by Gasteiger charge is -2.30. The molecular formula is C15H19Cl2N3O. The summed E-state index contributed by atoms with van der Waals surface area (Å²) in [7, 11) is 0. The highest BCUT2D eigenvalue weighted by atomic mass is 35.5. The van der Waals surface area contributed by atoms with Crippen molar-refractivity contribution in [2.45, 2.75) is 18.8 Å². The van der Waals surface area contributed by atoms with Gasteiger partial charge in [-0.15, -0.1) is 11.6 Å². The van der Waals surface area contributed by atoms with E-state index in [0.29, 0.717) is 16.9 Å². The Kier molecular flexibility index (Phi) is 4.69. The van der Waals surface area contributed by atoms with Crippen molar-refractivity contribution in [3.8, 4) is 0 Å². The van der Waals surface area contributed by atoms with Gasteiger partial charge in [0.1, 0.15) is 11.3 Å². The topological polar surface area (TPSA) is 30.3 Å². The van der Waals surface area contributed by atoms with Gasteiger partial charge >= 0.3 is 0 Å². The average Bonchev–Trinajstić information content (AvgIpc) is 2.88. The molecule has 2 heterocycles. The van der Waals surface area contributed by atoms with Crippen molar-refractivity contribution < 1.29 is 4.74 Å². The maximum Gasteiger partial charge on any atom is 0.125 e. The van der Waals surface area contributed by atoms with Crippen molar-refractivity contribution in [3.63, 3.8) is 0 Å². The fraction of sp³-hybridized carbons (Fsp3) is 0.533. The SMILES string of the molecule is CC(CN1CCOCC1)n1c(CCl)nc2c(Cl)cccc21. The van der Waals surface area contributed by atoms with Crippen LogP contribution in [-0.4, -0.2) is 47.3 Å². The van der Waals surface area contributed by atoms with Gasteiger partial charge in [-0.25, -0.2) is 4.98 Å². The number of rotatable bonds is 4. The van der Waals surface area contributed by atoms with Crippen LogP contribution < -0.4 is 0 Å². The van der Waals surface area contributed by atoms with Gasteiger partial charge in [-0.2, -0.15) is 0 Å². The minimum Gasteiger partial charge on any atom is -0.379 e. The second-order valence-electron chi connectivity index (χ2n) is 5.40. The third-order valence-corrected chi connectivity index (χ3v) is 4.47. The molecule has 1 aromatic heterocycles. The van der Waals surface area contributed by atoms with Gasteiger partial charge in [0.2, 0.25) is 0 Å². The van der Waals surface area contributed by atoms with Crippen LogP contribution in [0.3, 0.4) is 0 Å². The second kappa shape index (κ2) is 6.53. The molecule has 0 spiro atoms. The predicted molar refractivity (Wildman–Crippen MR) is 86.3 cm³/mol. The first-order valence-corrected chi connectivity index (χ1v) is 8.13. The van der Waals surface area contributed by atoms with Gasteiger partial charge in [-0.3, -0.25) is 4.90 Å².